The monoisotopic (exact) mass is 429 g/mol. The summed E-state index contributed by atoms with van der Waals surface area (Å²) in [5, 5.41) is 6.70. The molecule has 4 rings (SSSR count). The Kier molecular flexibility index (Phi) is 6.77. The third kappa shape index (κ3) is 4.89. The number of ether oxygens (including phenoxy) is 2. The molecule has 2 aromatic carbocycles. The van der Waals surface area contributed by atoms with Crippen LogP contribution in [0.15, 0.2) is 48.5 Å². The molecule has 0 saturated carbocycles. The summed E-state index contributed by atoms with van der Waals surface area (Å²) in [6.07, 6.45) is 1.76. The second kappa shape index (κ2) is 9.69. The van der Waals surface area contributed by atoms with Gasteiger partial charge in [-0.3, -0.25) is 0 Å². The van der Waals surface area contributed by atoms with Crippen LogP contribution in [0.3, 0.4) is 0 Å². The maximum absolute atomic E-state index is 12.8. The number of nitrogens with zero attached hydrogens (tertiary/aromatic N) is 1. The van der Waals surface area contributed by atoms with Gasteiger partial charge < -0.3 is 25.0 Å². The van der Waals surface area contributed by atoms with Crippen molar-refractivity contribution >= 4 is 29.0 Å². The zero-order valence-electron chi connectivity index (χ0n) is 17.0. The van der Waals surface area contributed by atoms with E-state index in [1.165, 1.54) is 5.56 Å². The Morgan fingerprint density at radius 1 is 1.00 bits per heavy atom. The number of halogens is 1. The molecule has 2 fully saturated rings. The number of hydrogen-bond donors (Lipinski definition) is 2. The van der Waals surface area contributed by atoms with Gasteiger partial charge in [-0.1, -0.05) is 41.9 Å². The highest BCUT2D eigenvalue weighted by atomic mass is 35.5. The van der Waals surface area contributed by atoms with Crippen molar-refractivity contribution in [2.24, 2.45) is 0 Å². The number of benzene rings is 2. The molecule has 30 heavy (non-hydrogen) atoms. The normalized spacial score (nSPS) is 18.6. The third-order valence-corrected chi connectivity index (χ3v) is 6.22. The van der Waals surface area contributed by atoms with Gasteiger partial charge in [-0.05, 0) is 36.6 Å². The fraction of sp³-hybridized carbons (Fsp3) is 0.435. The van der Waals surface area contributed by atoms with E-state index in [1.807, 2.05) is 30.3 Å². The number of carbonyl (C=O) groups is 1. The number of urea groups is 1. The van der Waals surface area contributed by atoms with Crippen LogP contribution in [-0.4, -0.2) is 52.1 Å². The van der Waals surface area contributed by atoms with E-state index < -0.39 is 0 Å². The molecule has 2 aliphatic heterocycles. The van der Waals surface area contributed by atoms with E-state index in [9.17, 15) is 4.79 Å². The maximum Gasteiger partial charge on any atom is 0.319 e. The molecule has 2 N–H and O–H groups in total. The van der Waals surface area contributed by atoms with Gasteiger partial charge in [0.25, 0.3) is 0 Å². The van der Waals surface area contributed by atoms with E-state index in [4.69, 9.17) is 21.1 Å². The topological polar surface area (TPSA) is 62.8 Å². The molecule has 0 bridgehead atoms. The summed E-state index contributed by atoms with van der Waals surface area (Å²) in [4.78, 5) is 15.0. The van der Waals surface area contributed by atoms with Crippen LogP contribution in [0.25, 0.3) is 0 Å². The number of rotatable bonds is 5. The molecule has 160 valence electrons. The largest absolute Gasteiger partial charge is 0.381 e. The summed E-state index contributed by atoms with van der Waals surface area (Å²) in [7, 11) is 0. The first-order valence-corrected chi connectivity index (χ1v) is 10.8. The lowest BCUT2D eigenvalue weighted by molar-refractivity contribution is 0.0508. The molecular weight excluding hydrogens is 402 g/mol. The lowest BCUT2D eigenvalue weighted by Crippen LogP contribution is -2.45. The Morgan fingerprint density at radius 2 is 1.70 bits per heavy atom. The number of hydrogen-bond acceptors (Lipinski definition) is 4. The predicted molar refractivity (Wildman–Crippen MR) is 120 cm³/mol. The summed E-state index contributed by atoms with van der Waals surface area (Å²) < 4.78 is 11.0. The number of amides is 2. The molecule has 6 nitrogen and oxygen atoms in total. The standard InChI is InChI=1S/C23H28ClN3O3/c24-19-6-7-21(27-10-14-30-15-11-27)20(16-19)26-22(28)25-17-23(8-12-29-13-9-23)18-4-2-1-3-5-18/h1-7,16H,8-15,17H2,(H2,25,26,28). The van der Waals surface area contributed by atoms with Gasteiger partial charge in [0.2, 0.25) is 0 Å². The smallest absolute Gasteiger partial charge is 0.319 e. The van der Waals surface area contributed by atoms with Crippen molar-refractivity contribution in [3.05, 3.63) is 59.1 Å². The molecule has 2 amide bonds. The van der Waals surface area contributed by atoms with Crippen LogP contribution < -0.4 is 15.5 Å². The molecule has 0 atom stereocenters. The molecule has 2 aromatic rings. The molecule has 2 saturated heterocycles. The average Bonchev–Trinajstić information content (AvgIpc) is 2.80. The van der Waals surface area contributed by atoms with Gasteiger partial charge >= 0.3 is 6.03 Å². The molecule has 0 aliphatic carbocycles. The van der Waals surface area contributed by atoms with E-state index in [0.29, 0.717) is 43.7 Å². The first-order valence-electron chi connectivity index (χ1n) is 10.5. The SMILES string of the molecule is O=C(NCC1(c2ccccc2)CCOCC1)Nc1cc(Cl)ccc1N1CCOCC1. The van der Waals surface area contributed by atoms with E-state index in [0.717, 1.165) is 31.6 Å². The molecule has 7 heteroatoms. The molecule has 0 unspecified atom stereocenters. The Labute approximate surface area is 182 Å². The van der Waals surface area contributed by atoms with E-state index in [2.05, 4.69) is 27.7 Å². The van der Waals surface area contributed by atoms with Crippen LogP contribution in [0.4, 0.5) is 16.2 Å². The van der Waals surface area contributed by atoms with E-state index in [-0.39, 0.29) is 11.4 Å². The van der Waals surface area contributed by atoms with Crippen LogP contribution in [0.2, 0.25) is 5.02 Å². The van der Waals surface area contributed by atoms with Crippen molar-refractivity contribution in [1.82, 2.24) is 5.32 Å². The summed E-state index contributed by atoms with van der Waals surface area (Å²) in [6, 6.07) is 15.8. The first kappa shape index (κ1) is 21.0. The highest BCUT2D eigenvalue weighted by Gasteiger charge is 2.34. The summed E-state index contributed by atoms with van der Waals surface area (Å²) >= 11 is 6.21. The van der Waals surface area contributed by atoms with Gasteiger partial charge in [-0.25, -0.2) is 4.79 Å². The molecule has 0 aromatic heterocycles. The molecule has 2 aliphatic rings. The predicted octanol–water partition coefficient (Wildman–Crippen LogP) is 4.05. The summed E-state index contributed by atoms with van der Waals surface area (Å²) in [5.41, 5.74) is 2.80. The Balaban J connectivity index is 1.46. The summed E-state index contributed by atoms with van der Waals surface area (Å²) in [6.45, 7) is 4.89. The minimum absolute atomic E-state index is 0.113. The highest BCUT2D eigenvalue weighted by Crippen LogP contribution is 2.34. The van der Waals surface area contributed by atoms with Crippen LogP contribution >= 0.6 is 11.6 Å². The average molecular weight is 430 g/mol. The van der Waals surface area contributed by atoms with Crippen molar-refractivity contribution in [1.29, 1.82) is 0 Å². The van der Waals surface area contributed by atoms with Gasteiger partial charge in [0.05, 0.1) is 24.6 Å². The lowest BCUT2D eigenvalue weighted by atomic mass is 9.74. The number of nitrogens with one attached hydrogen (secondary N) is 2. The van der Waals surface area contributed by atoms with Gasteiger partial charge in [-0.2, -0.15) is 0 Å². The van der Waals surface area contributed by atoms with Gasteiger partial charge in [-0.15, -0.1) is 0 Å². The van der Waals surface area contributed by atoms with Crippen LogP contribution in [0, 0.1) is 0 Å². The maximum atomic E-state index is 12.8. The van der Waals surface area contributed by atoms with Crippen molar-refractivity contribution in [3.63, 3.8) is 0 Å². The Bertz CT molecular complexity index is 850. The van der Waals surface area contributed by atoms with Crippen molar-refractivity contribution in [3.8, 4) is 0 Å². The molecule has 2 heterocycles. The fourth-order valence-corrected chi connectivity index (χ4v) is 4.40. The molecule has 0 radical (unpaired) electrons. The van der Waals surface area contributed by atoms with Crippen molar-refractivity contribution in [2.45, 2.75) is 18.3 Å². The fourth-order valence-electron chi connectivity index (χ4n) is 4.23. The van der Waals surface area contributed by atoms with Crippen LogP contribution in [0.1, 0.15) is 18.4 Å². The number of morpholine rings is 1. The van der Waals surface area contributed by atoms with Crippen LogP contribution in [-0.2, 0) is 14.9 Å². The van der Waals surface area contributed by atoms with Gasteiger partial charge in [0, 0.05) is 43.3 Å². The second-order valence-electron chi connectivity index (χ2n) is 7.83. The van der Waals surface area contributed by atoms with Gasteiger partial charge in [0.1, 0.15) is 0 Å². The zero-order valence-corrected chi connectivity index (χ0v) is 17.8. The third-order valence-electron chi connectivity index (χ3n) is 5.98. The second-order valence-corrected chi connectivity index (χ2v) is 8.26. The van der Waals surface area contributed by atoms with E-state index >= 15 is 0 Å². The number of anilines is 2. The highest BCUT2D eigenvalue weighted by molar-refractivity contribution is 6.31. The lowest BCUT2D eigenvalue weighted by Gasteiger charge is -2.38. The zero-order chi connectivity index (χ0) is 20.8. The van der Waals surface area contributed by atoms with Crippen molar-refractivity contribution in [2.75, 3.05) is 56.3 Å². The summed E-state index contributed by atoms with van der Waals surface area (Å²) in [5.74, 6) is 0. The van der Waals surface area contributed by atoms with E-state index in [1.54, 1.807) is 6.07 Å². The first-order chi connectivity index (χ1) is 14.7. The minimum Gasteiger partial charge on any atom is -0.381 e. The molecule has 0 spiro atoms. The van der Waals surface area contributed by atoms with Crippen LogP contribution in [0.5, 0.6) is 0 Å². The number of carbonyl (C=O) groups excluding carboxylic acids is 1. The minimum atomic E-state index is -0.228. The quantitative estimate of drug-likeness (QED) is 0.752. The van der Waals surface area contributed by atoms with Gasteiger partial charge in [0.15, 0.2) is 0 Å². The Hall–Kier alpha value is -2.28. The molecular formula is C23H28ClN3O3. The Morgan fingerprint density at radius 3 is 2.43 bits per heavy atom. The van der Waals surface area contributed by atoms with Crippen molar-refractivity contribution < 1.29 is 14.3 Å².